The van der Waals surface area contributed by atoms with Gasteiger partial charge < -0.3 is 15.5 Å². The Morgan fingerprint density at radius 1 is 1.04 bits per heavy atom. The van der Waals surface area contributed by atoms with E-state index in [0.29, 0.717) is 12.0 Å². The first-order chi connectivity index (χ1) is 13.7. The van der Waals surface area contributed by atoms with Crippen LogP contribution in [0.25, 0.3) is 0 Å². The van der Waals surface area contributed by atoms with E-state index in [-0.39, 0.29) is 6.04 Å². The topological polar surface area (TPSA) is 44.9 Å². The summed E-state index contributed by atoms with van der Waals surface area (Å²) in [6, 6.07) is 19.8. The minimum absolute atomic E-state index is 0.101. The molecule has 1 aliphatic carbocycles. The summed E-state index contributed by atoms with van der Waals surface area (Å²) in [5.74, 6) is 1.69. The summed E-state index contributed by atoms with van der Waals surface area (Å²) in [7, 11) is 2.14. The number of anilines is 1. The summed E-state index contributed by atoms with van der Waals surface area (Å²) in [6.45, 7) is 0.865. The van der Waals surface area contributed by atoms with Crippen molar-refractivity contribution >= 4 is 11.5 Å². The fourth-order valence-corrected chi connectivity index (χ4v) is 4.95. The van der Waals surface area contributed by atoms with Crippen molar-refractivity contribution in [2.75, 3.05) is 11.9 Å². The molecule has 4 heteroatoms. The van der Waals surface area contributed by atoms with E-state index in [4.69, 9.17) is 10.7 Å². The van der Waals surface area contributed by atoms with Gasteiger partial charge in [0.25, 0.3) is 0 Å². The van der Waals surface area contributed by atoms with Crippen molar-refractivity contribution in [2.45, 2.75) is 44.3 Å². The second-order valence-corrected chi connectivity index (χ2v) is 8.31. The molecule has 2 aromatic carbocycles. The maximum absolute atomic E-state index is 6.34. The van der Waals surface area contributed by atoms with Gasteiger partial charge in [-0.15, -0.1) is 0 Å². The molecule has 0 amide bonds. The molecule has 28 heavy (non-hydrogen) atoms. The summed E-state index contributed by atoms with van der Waals surface area (Å²) >= 11 is 0. The van der Waals surface area contributed by atoms with Crippen molar-refractivity contribution in [1.29, 1.82) is 0 Å². The smallest absolute Gasteiger partial charge is 0.120 e. The van der Waals surface area contributed by atoms with E-state index in [1.54, 1.807) is 0 Å². The van der Waals surface area contributed by atoms with Crippen LogP contribution >= 0.6 is 0 Å². The first kappa shape index (κ1) is 17.5. The third kappa shape index (κ3) is 3.02. The lowest BCUT2D eigenvalue weighted by Gasteiger charge is -2.34. The Morgan fingerprint density at radius 2 is 1.82 bits per heavy atom. The number of para-hydroxylation sites is 1. The van der Waals surface area contributed by atoms with E-state index in [1.165, 1.54) is 41.2 Å². The fourth-order valence-electron chi connectivity index (χ4n) is 4.95. The molecule has 4 nitrogen and oxygen atoms in total. The van der Waals surface area contributed by atoms with E-state index in [2.05, 4.69) is 77.6 Å². The summed E-state index contributed by atoms with van der Waals surface area (Å²) < 4.78 is 0. The SMILES string of the molecule is CN1C=C2C(N=C(C3CCCC(N)C3)N2Cc2ccccc2)c2ccccc21. The maximum atomic E-state index is 6.34. The number of nitrogens with two attached hydrogens (primary N) is 1. The van der Waals surface area contributed by atoms with Crippen molar-refractivity contribution < 1.29 is 0 Å². The van der Waals surface area contributed by atoms with Crippen LogP contribution in [0.15, 0.2) is 71.5 Å². The minimum Gasteiger partial charge on any atom is -0.349 e. The number of amidine groups is 1. The summed E-state index contributed by atoms with van der Waals surface area (Å²) in [5.41, 5.74) is 11.5. The van der Waals surface area contributed by atoms with Crippen molar-refractivity contribution in [3.63, 3.8) is 0 Å². The van der Waals surface area contributed by atoms with Crippen molar-refractivity contribution in [3.05, 3.63) is 77.6 Å². The standard InChI is InChI=1S/C24H28N4/c1-27-16-22-23(20-12-5-6-13-21(20)27)26-24(18-10-7-11-19(25)14-18)28(22)15-17-8-3-2-4-9-17/h2-6,8-9,12-13,16,18-19,23H,7,10-11,14-15,25H2,1H3. The van der Waals surface area contributed by atoms with E-state index in [9.17, 15) is 0 Å². The maximum Gasteiger partial charge on any atom is 0.120 e. The lowest BCUT2D eigenvalue weighted by atomic mass is 9.85. The highest BCUT2D eigenvalue weighted by Crippen LogP contribution is 2.45. The Morgan fingerprint density at radius 3 is 2.64 bits per heavy atom. The van der Waals surface area contributed by atoms with Crippen LogP contribution in [0.3, 0.4) is 0 Å². The van der Waals surface area contributed by atoms with Crippen LogP contribution < -0.4 is 10.6 Å². The zero-order chi connectivity index (χ0) is 19.1. The van der Waals surface area contributed by atoms with Crippen LogP contribution in [-0.2, 0) is 6.54 Å². The zero-order valence-corrected chi connectivity index (χ0v) is 16.5. The van der Waals surface area contributed by atoms with Gasteiger partial charge in [-0.3, -0.25) is 4.99 Å². The molecule has 5 rings (SSSR count). The first-order valence-corrected chi connectivity index (χ1v) is 10.4. The van der Waals surface area contributed by atoms with E-state index in [0.717, 1.165) is 19.4 Å². The largest absolute Gasteiger partial charge is 0.349 e. The van der Waals surface area contributed by atoms with Crippen LogP contribution in [0.4, 0.5) is 5.69 Å². The molecule has 1 fully saturated rings. The van der Waals surface area contributed by atoms with Crippen molar-refractivity contribution in [3.8, 4) is 0 Å². The minimum atomic E-state index is 0.101. The number of aliphatic imine (C=N–C) groups is 1. The van der Waals surface area contributed by atoms with Crippen LogP contribution in [-0.4, -0.2) is 23.8 Å². The molecule has 3 aliphatic rings. The van der Waals surface area contributed by atoms with Gasteiger partial charge in [-0.1, -0.05) is 55.0 Å². The molecule has 2 heterocycles. The number of hydrogen-bond acceptors (Lipinski definition) is 4. The number of nitrogens with zero attached hydrogens (tertiary/aromatic N) is 3. The second kappa shape index (κ2) is 7.10. The highest BCUT2D eigenvalue weighted by atomic mass is 15.3. The molecule has 0 bridgehead atoms. The van der Waals surface area contributed by atoms with E-state index >= 15 is 0 Å². The molecular weight excluding hydrogens is 344 g/mol. The Hall–Kier alpha value is -2.59. The van der Waals surface area contributed by atoms with Crippen molar-refractivity contribution in [1.82, 2.24) is 4.90 Å². The van der Waals surface area contributed by atoms with Gasteiger partial charge in [0.05, 0.1) is 5.70 Å². The molecular formula is C24H28N4. The predicted octanol–water partition coefficient (Wildman–Crippen LogP) is 4.45. The Bertz CT molecular complexity index is 917. The third-order valence-electron chi connectivity index (χ3n) is 6.33. The van der Waals surface area contributed by atoms with Gasteiger partial charge in [0.2, 0.25) is 0 Å². The Labute approximate surface area is 167 Å². The first-order valence-electron chi connectivity index (χ1n) is 10.4. The molecule has 2 aromatic rings. The highest BCUT2D eigenvalue weighted by molar-refractivity contribution is 5.90. The molecule has 3 atom stereocenters. The molecule has 2 aliphatic heterocycles. The van der Waals surface area contributed by atoms with Gasteiger partial charge in [-0.05, 0) is 30.9 Å². The van der Waals surface area contributed by atoms with Crippen LogP contribution in [0.5, 0.6) is 0 Å². The van der Waals surface area contributed by atoms with Gasteiger partial charge in [-0.2, -0.15) is 0 Å². The summed E-state index contributed by atoms with van der Waals surface area (Å²) in [6.07, 6.45) is 6.84. The van der Waals surface area contributed by atoms with Crippen LogP contribution in [0, 0.1) is 5.92 Å². The number of hydrogen-bond donors (Lipinski definition) is 1. The monoisotopic (exact) mass is 372 g/mol. The lowest BCUT2D eigenvalue weighted by molar-refractivity contribution is 0.361. The Balaban J connectivity index is 1.56. The van der Waals surface area contributed by atoms with Crippen LogP contribution in [0.1, 0.15) is 42.9 Å². The van der Waals surface area contributed by atoms with Gasteiger partial charge in [0.1, 0.15) is 11.9 Å². The quantitative estimate of drug-likeness (QED) is 0.866. The molecule has 144 valence electrons. The number of benzene rings is 2. The molecule has 3 unspecified atom stereocenters. The average molecular weight is 373 g/mol. The van der Waals surface area contributed by atoms with Gasteiger partial charge in [-0.25, -0.2) is 0 Å². The molecule has 0 radical (unpaired) electrons. The summed E-state index contributed by atoms with van der Waals surface area (Å²) in [5, 5.41) is 0. The zero-order valence-electron chi connectivity index (χ0n) is 16.5. The van der Waals surface area contributed by atoms with E-state index in [1.807, 2.05) is 0 Å². The normalized spacial score (nSPS) is 26.4. The average Bonchev–Trinajstić information content (AvgIpc) is 3.07. The Kier molecular flexibility index (Phi) is 4.44. The number of rotatable bonds is 3. The van der Waals surface area contributed by atoms with E-state index < -0.39 is 0 Å². The van der Waals surface area contributed by atoms with Crippen LogP contribution in [0.2, 0.25) is 0 Å². The lowest BCUT2D eigenvalue weighted by Crippen LogP contribution is -2.38. The molecule has 0 saturated heterocycles. The fraction of sp³-hybridized carbons (Fsp3) is 0.375. The molecule has 1 saturated carbocycles. The molecule has 0 spiro atoms. The highest BCUT2D eigenvalue weighted by Gasteiger charge is 2.40. The summed E-state index contributed by atoms with van der Waals surface area (Å²) in [4.78, 5) is 10.0. The van der Waals surface area contributed by atoms with Gasteiger partial charge >= 0.3 is 0 Å². The molecule has 0 aromatic heterocycles. The van der Waals surface area contributed by atoms with Gasteiger partial charge in [0.15, 0.2) is 0 Å². The van der Waals surface area contributed by atoms with Crippen molar-refractivity contribution in [2.24, 2.45) is 16.6 Å². The third-order valence-corrected chi connectivity index (χ3v) is 6.33. The second-order valence-electron chi connectivity index (χ2n) is 8.31. The van der Waals surface area contributed by atoms with Gasteiger partial charge in [0, 0.05) is 43.0 Å². The molecule has 2 N–H and O–H groups in total. The number of fused-ring (bicyclic) bond motifs is 3. The predicted molar refractivity (Wildman–Crippen MR) is 115 cm³/mol.